The first kappa shape index (κ1) is 14.9. The third kappa shape index (κ3) is 2.81. The fourth-order valence-electron chi connectivity index (χ4n) is 3.63. The van der Waals surface area contributed by atoms with Gasteiger partial charge in [-0.15, -0.1) is 11.3 Å². The zero-order valence-electron chi connectivity index (χ0n) is 13.6. The standard InChI is InChI=1S/C17H22N4OS/c1-20(2)16-7-12-9-18-13(8-15(12)23-16)17(22)19-14-10-21-5-3-11(14)4-6-21/h7-9,11,14H,3-6,10H2,1-2H3,(H,19,22). The number of piperidine rings is 3. The largest absolute Gasteiger partial charge is 0.370 e. The van der Waals surface area contributed by atoms with Crippen molar-refractivity contribution in [1.82, 2.24) is 15.2 Å². The van der Waals surface area contributed by atoms with Gasteiger partial charge in [0.25, 0.3) is 5.91 Å². The number of anilines is 1. The molecular weight excluding hydrogens is 308 g/mol. The Labute approximate surface area is 140 Å². The van der Waals surface area contributed by atoms with Crippen molar-refractivity contribution >= 4 is 32.3 Å². The average molecular weight is 330 g/mol. The summed E-state index contributed by atoms with van der Waals surface area (Å²) >= 11 is 1.69. The summed E-state index contributed by atoms with van der Waals surface area (Å²) in [5.74, 6) is 0.597. The summed E-state index contributed by atoms with van der Waals surface area (Å²) in [6.07, 6.45) is 4.22. The molecule has 3 aliphatic rings. The normalized spacial score (nSPS) is 26.4. The van der Waals surface area contributed by atoms with Crippen LogP contribution in [0.1, 0.15) is 23.3 Å². The fourth-order valence-corrected chi connectivity index (χ4v) is 4.63. The number of amides is 1. The van der Waals surface area contributed by atoms with E-state index in [9.17, 15) is 4.79 Å². The first-order valence-electron chi connectivity index (χ1n) is 8.20. The molecule has 0 aromatic carbocycles. The minimum absolute atomic E-state index is 0.0366. The summed E-state index contributed by atoms with van der Waals surface area (Å²) in [6, 6.07) is 4.31. The van der Waals surface area contributed by atoms with Gasteiger partial charge in [0.2, 0.25) is 0 Å². The monoisotopic (exact) mass is 330 g/mol. The van der Waals surface area contributed by atoms with E-state index in [0.717, 1.165) is 16.6 Å². The molecule has 2 aromatic rings. The highest BCUT2D eigenvalue weighted by Crippen LogP contribution is 2.31. The molecule has 3 fully saturated rings. The van der Waals surface area contributed by atoms with Crippen LogP contribution in [0.5, 0.6) is 0 Å². The number of aromatic nitrogens is 1. The minimum Gasteiger partial charge on any atom is -0.370 e. The first-order valence-corrected chi connectivity index (χ1v) is 9.02. The quantitative estimate of drug-likeness (QED) is 0.937. The van der Waals surface area contributed by atoms with E-state index < -0.39 is 0 Å². The van der Waals surface area contributed by atoms with Gasteiger partial charge in [-0.3, -0.25) is 9.78 Å². The molecule has 1 N–H and O–H groups in total. The van der Waals surface area contributed by atoms with Crippen LogP contribution in [-0.2, 0) is 0 Å². The summed E-state index contributed by atoms with van der Waals surface area (Å²) in [6.45, 7) is 3.36. The number of fused-ring (bicyclic) bond motifs is 4. The second-order valence-electron chi connectivity index (χ2n) is 6.80. The van der Waals surface area contributed by atoms with Crippen LogP contribution in [-0.4, -0.2) is 55.6 Å². The molecule has 5 nitrogen and oxygen atoms in total. The van der Waals surface area contributed by atoms with Gasteiger partial charge >= 0.3 is 0 Å². The number of hydrogen-bond donors (Lipinski definition) is 1. The maximum Gasteiger partial charge on any atom is 0.270 e. The molecule has 1 unspecified atom stereocenters. The Balaban J connectivity index is 1.52. The molecule has 2 aromatic heterocycles. The van der Waals surface area contributed by atoms with Crippen LogP contribution in [0.4, 0.5) is 5.00 Å². The van der Waals surface area contributed by atoms with Crippen molar-refractivity contribution in [2.75, 3.05) is 38.6 Å². The molecule has 0 aliphatic carbocycles. The number of rotatable bonds is 3. The van der Waals surface area contributed by atoms with Gasteiger partial charge in [-0.2, -0.15) is 0 Å². The molecule has 3 saturated heterocycles. The van der Waals surface area contributed by atoms with E-state index >= 15 is 0 Å². The van der Waals surface area contributed by atoms with Crippen LogP contribution in [0.25, 0.3) is 10.1 Å². The number of carbonyl (C=O) groups is 1. The molecule has 0 spiro atoms. The predicted octanol–water partition coefficient (Wildman–Crippen LogP) is 2.19. The summed E-state index contributed by atoms with van der Waals surface area (Å²) < 4.78 is 1.11. The summed E-state index contributed by atoms with van der Waals surface area (Å²) in [5.41, 5.74) is 0.529. The summed E-state index contributed by atoms with van der Waals surface area (Å²) in [4.78, 5) is 21.5. The molecule has 0 saturated carbocycles. The van der Waals surface area contributed by atoms with Gasteiger partial charge in [0.05, 0.1) is 5.00 Å². The maximum atomic E-state index is 12.6. The van der Waals surface area contributed by atoms with E-state index in [0.29, 0.717) is 11.6 Å². The number of nitrogens with zero attached hydrogens (tertiary/aromatic N) is 3. The first-order chi connectivity index (χ1) is 11.1. The highest BCUT2D eigenvalue weighted by molar-refractivity contribution is 7.22. The third-order valence-corrected chi connectivity index (χ3v) is 6.30. The van der Waals surface area contributed by atoms with Crippen molar-refractivity contribution < 1.29 is 4.79 Å². The molecule has 23 heavy (non-hydrogen) atoms. The van der Waals surface area contributed by atoms with E-state index in [1.54, 1.807) is 11.3 Å². The number of thiophene rings is 1. The highest BCUT2D eigenvalue weighted by atomic mass is 32.1. The third-order valence-electron chi connectivity index (χ3n) is 5.03. The zero-order valence-corrected chi connectivity index (χ0v) is 14.4. The van der Waals surface area contributed by atoms with Crippen molar-refractivity contribution in [3.63, 3.8) is 0 Å². The average Bonchev–Trinajstić information content (AvgIpc) is 2.99. The highest BCUT2D eigenvalue weighted by Gasteiger charge is 2.35. The predicted molar refractivity (Wildman–Crippen MR) is 94.4 cm³/mol. The second kappa shape index (κ2) is 5.76. The molecule has 122 valence electrons. The minimum atomic E-state index is -0.0366. The lowest BCUT2D eigenvalue weighted by molar-refractivity contribution is 0.0618. The van der Waals surface area contributed by atoms with Crippen molar-refractivity contribution in [1.29, 1.82) is 0 Å². The number of nitrogens with one attached hydrogen (secondary N) is 1. The van der Waals surface area contributed by atoms with E-state index in [2.05, 4.69) is 26.2 Å². The van der Waals surface area contributed by atoms with Crippen molar-refractivity contribution in [3.8, 4) is 0 Å². The van der Waals surface area contributed by atoms with E-state index in [1.807, 2.05) is 26.4 Å². The lowest BCUT2D eigenvalue weighted by atomic mass is 9.84. The molecule has 6 heteroatoms. The Bertz CT molecular complexity index is 733. The number of carbonyl (C=O) groups excluding carboxylic acids is 1. The molecule has 3 aliphatic heterocycles. The van der Waals surface area contributed by atoms with Crippen LogP contribution in [0, 0.1) is 5.92 Å². The summed E-state index contributed by atoms with van der Waals surface area (Å²) in [7, 11) is 4.05. The molecule has 5 heterocycles. The van der Waals surface area contributed by atoms with Crippen LogP contribution in [0.15, 0.2) is 18.3 Å². The smallest absolute Gasteiger partial charge is 0.270 e. The van der Waals surface area contributed by atoms with Gasteiger partial charge in [-0.1, -0.05) is 0 Å². The summed E-state index contributed by atoms with van der Waals surface area (Å²) in [5, 5.41) is 5.48. The molecule has 1 atom stereocenters. The second-order valence-corrected chi connectivity index (χ2v) is 7.87. The van der Waals surface area contributed by atoms with Crippen LogP contribution >= 0.6 is 11.3 Å². The Morgan fingerprint density at radius 2 is 2.13 bits per heavy atom. The van der Waals surface area contributed by atoms with Gasteiger partial charge < -0.3 is 15.1 Å². The molecule has 5 rings (SSSR count). The number of hydrogen-bond acceptors (Lipinski definition) is 5. The Kier molecular flexibility index (Phi) is 3.73. The lowest BCUT2D eigenvalue weighted by Crippen LogP contribution is -2.57. The van der Waals surface area contributed by atoms with E-state index in [-0.39, 0.29) is 11.9 Å². The Morgan fingerprint density at radius 1 is 1.35 bits per heavy atom. The van der Waals surface area contributed by atoms with Crippen LogP contribution in [0.3, 0.4) is 0 Å². The molecular formula is C17H22N4OS. The maximum absolute atomic E-state index is 12.6. The van der Waals surface area contributed by atoms with Crippen molar-refractivity contribution in [3.05, 3.63) is 24.0 Å². The van der Waals surface area contributed by atoms with Gasteiger partial charge in [-0.05, 0) is 44.0 Å². The van der Waals surface area contributed by atoms with Gasteiger partial charge in [0, 0.05) is 43.0 Å². The fraction of sp³-hybridized carbons (Fsp3) is 0.529. The van der Waals surface area contributed by atoms with Gasteiger partial charge in [0.1, 0.15) is 5.69 Å². The topological polar surface area (TPSA) is 48.5 Å². The Morgan fingerprint density at radius 3 is 2.78 bits per heavy atom. The van der Waals surface area contributed by atoms with Crippen LogP contribution < -0.4 is 10.2 Å². The van der Waals surface area contributed by atoms with Gasteiger partial charge in [0.15, 0.2) is 0 Å². The van der Waals surface area contributed by atoms with Gasteiger partial charge in [-0.25, -0.2) is 0 Å². The van der Waals surface area contributed by atoms with Crippen molar-refractivity contribution in [2.24, 2.45) is 5.92 Å². The molecule has 1 amide bonds. The van der Waals surface area contributed by atoms with E-state index in [1.165, 1.54) is 30.9 Å². The number of pyridine rings is 1. The zero-order chi connectivity index (χ0) is 16.0. The van der Waals surface area contributed by atoms with E-state index in [4.69, 9.17) is 0 Å². The SMILES string of the molecule is CN(C)c1cc2cnc(C(=O)NC3CN4CCC3CC4)cc2s1. The Hall–Kier alpha value is -1.66. The van der Waals surface area contributed by atoms with Crippen molar-refractivity contribution in [2.45, 2.75) is 18.9 Å². The van der Waals surface area contributed by atoms with Crippen LogP contribution in [0.2, 0.25) is 0 Å². The molecule has 2 bridgehead atoms. The lowest BCUT2D eigenvalue weighted by Gasteiger charge is -2.44. The molecule has 0 radical (unpaired) electrons.